The van der Waals surface area contributed by atoms with E-state index < -0.39 is 11.7 Å². The summed E-state index contributed by atoms with van der Waals surface area (Å²) in [6.07, 6.45) is 0.111. The Morgan fingerprint density at radius 1 is 1.26 bits per heavy atom. The van der Waals surface area contributed by atoms with Crippen LogP contribution < -0.4 is 5.32 Å². The quantitative estimate of drug-likeness (QED) is 0.765. The number of piperidine rings is 1. The zero-order valence-electron chi connectivity index (χ0n) is 18.4. The van der Waals surface area contributed by atoms with Crippen LogP contribution in [0.2, 0.25) is 5.15 Å². The van der Waals surface area contributed by atoms with Gasteiger partial charge in [0.2, 0.25) is 0 Å². The predicted octanol–water partition coefficient (Wildman–Crippen LogP) is 4.04. The average Bonchev–Trinajstić information content (AvgIpc) is 2.93. The number of carbonyl (C=O) groups excluding carboxylic acids is 2. The van der Waals surface area contributed by atoms with Crippen LogP contribution in [-0.2, 0) is 11.8 Å². The lowest BCUT2D eigenvalue weighted by Gasteiger charge is -2.39. The van der Waals surface area contributed by atoms with Gasteiger partial charge in [-0.2, -0.15) is 5.10 Å². The smallest absolute Gasteiger partial charge is 0.410 e. The number of nitrogens with one attached hydrogen (secondary N) is 1. The summed E-state index contributed by atoms with van der Waals surface area (Å²) in [4.78, 5) is 27.2. The molecule has 1 N–H and O–H groups in total. The van der Waals surface area contributed by atoms with Gasteiger partial charge in [0.05, 0.1) is 11.3 Å². The van der Waals surface area contributed by atoms with Gasteiger partial charge in [-0.15, -0.1) is 0 Å². The third-order valence-corrected chi connectivity index (χ3v) is 5.69. The average molecular weight is 451 g/mol. The number of hydrogen-bond donors (Lipinski definition) is 1. The van der Waals surface area contributed by atoms with Gasteiger partial charge in [-0.1, -0.05) is 23.7 Å². The molecule has 168 valence electrons. The molecule has 3 rings (SSSR count). The number of likely N-dealkylation sites (tertiary alicyclic amines) is 1. The van der Waals surface area contributed by atoms with Crippen molar-refractivity contribution in [3.05, 3.63) is 52.1 Å². The van der Waals surface area contributed by atoms with E-state index in [4.69, 9.17) is 16.3 Å². The first kappa shape index (κ1) is 23.1. The summed E-state index contributed by atoms with van der Waals surface area (Å²) in [5.74, 6) is -0.901. The minimum atomic E-state index is -0.609. The Balaban J connectivity index is 1.84. The lowest BCUT2D eigenvalue weighted by atomic mass is 9.86. The number of ether oxygens (including phenoxy) is 1. The molecule has 0 unspecified atom stereocenters. The molecule has 1 aliphatic heterocycles. The number of amides is 2. The molecule has 2 atom stereocenters. The second-order valence-electron chi connectivity index (χ2n) is 8.83. The first-order valence-corrected chi connectivity index (χ1v) is 10.6. The number of benzene rings is 1. The lowest BCUT2D eigenvalue weighted by molar-refractivity contribution is 0.0177. The normalized spacial score (nSPS) is 19.3. The fraction of sp³-hybridized carbons (Fsp3) is 0.500. The Hall–Kier alpha value is -2.61. The molecular formula is C22H28ClFN4O3. The van der Waals surface area contributed by atoms with E-state index in [2.05, 4.69) is 10.4 Å². The van der Waals surface area contributed by atoms with Gasteiger partial charge < -0.3 is 15.0 Å². The molecule has 2 amide bonds. The predicted molar refractivity (Wildman–Crippen MR) is 116 cm³/mol. The number of aryl methyl sites for hydroxylation is 2. The van der Waals surface area contributed by atoms with Gasteiger partial charge in [-0.25, -0.2) is 9.18 Å². The van der Waals surface area contributed by atoms with Crippen LogP contribution >= 0.6 is 11.6 Å². The van der Waals surface area contributed by atoms with E-state index in [9.17, 15) is 14.0 Å². The van der Waals surface area contributed by atoms with Crippen LogP contribution in [0.5, 0.6) is 0 Å². The summed E-state index contributed by atoms with van der Waals surface area (Å²) < 4.78 is 20.5. The molecule has 1 aromatic carbocycles. The van der Waals surface area contributed by atoms with E-state index in [1.54, 1.807) is 31.0 Å². The minimum Gasteiger partial charge on any atom is -0.444 e. The molecule has 9 heteroatoms. The first-order valence-electron chi connectivity index (χ1n) is 10.2. The Morgan fingerprint density at radius 3 is 2.45 bits per heavy atom. The second-order valence-corrected chi connectivity index (χ2v) is 9.19. The van der Waals surface area contributed by atoms with Crippen molar-refractivity contribution in [2.45, 2.75) is 51.7 Å². The highest BCUT2D eigenvalue weighted by molar-refractivity contribution is 6.33. The van der Waals surface area contributed by atoms with Gasteiger partial charge in [0.1, 0.15) is 16.6 Å². The van der Waals surface area contributed by atoms with E-state index in [1.165, 1.54) is 16.8 Å². The van der Waals surface area contributed by atoms with Gasteiger partial charge in [0.25, 0.3) is 5.91 Å². The summed E-state index contributed by atoms with van der Waals surface area (Å²) in [6, 6.07) is 5.85. The van der Waals surface area contributed by atoms with E-state index in [1.807, 2.05) is 20.8 Å². The maximum atomic E-state index is 13.5. The van der Waals surface area contributed by atoms with Crippen molar-refractivity contribution in [2.24, 2.45) is 7.05 Å². The number of hydrogen-bond acceptors (Lipinski definition) is 4. The molecule has 1 aromatic heterocycles. The SMILES string of the molecule is Cc1nn(C)c(Cl)c1C(=O)N[C@@H]1CCN(C(=O)OC(C)(C)C)C[C@@H]1c1ccc(F)cc1. The largest absolute Gasteiger partial charge is 0.444 e. The molecule has 0 aliphatic carbocycles. The molecule has 1 aliphatic rings. The molecular weight excluding hydrogens is 423 g/mol. The molecule has 1 fully saturated rings. The second kappa shape index (κ2) is 8.86. The lowest BCUT2D eigenvalue weighted by Crippen LogP contribution is -2.52. The Kier molecular flexibility index (Phi) is 6.59. The van der Waals surface area contributed by atoms with E-state index >= 15 is 0 Å². The van der Waals surface area contributed by atoms with Crippen LogP contribution in [0.4, 0.5) is 9.18 Å². The molecule has 0 spiro atoms. The molecule has 0 radical (unpaired) electrons. The Bertz CT molecular complexity index is 968. The van der Waals surface area contributed by atoms with Crippen molar-refractivity contribution < 1.29 is 18.7 Å². The van der Waals surface area contributed by atoms with Crippen LogP contribution in [0.3, 0.4) is 0 Å². The van der Waals surface area contributed by atoms with Crippen molar-refractivity contribution in [3.63, 3.8) is 0 Å². The highest BCUT2D eigenvalue weighted by Crippen LogP contribution is 2.30. The van der Waals surface area contributed by atoms with Crippen LogP contribution in [0, 0.1) is 12.7 Å². The van der Waals surface area contributed by atoms with Crippen molar-refractivity contribution in [1.29, 1.82) is 0 Å². The molecule has 0 bridgehead atoms. The Labute approximate surface area is 186 Å². The fourth-order valence-corrected chi connectivity index (χ4v) is 4.05. The maximum Gasteiger partial charge on any atom is 0.410 e. The van der Waals surface area contributed by atoms with Crippen LogP contribution in [0.1, 0.15) is 54.7 Å². The summed E-state index contributed by atoms with van der Waals surface area (Å²) in [7, 11) is 1.67. The topological polar surface area (TPSA) is 76.5 Å². The van der Waals surface area contributed by atoms with Gasteiger partial charge in [0.15, 0.2) is 0 Å². The van der Waals surface area contributed by atoms with Gasteiger partial charge in [0, 0.05) is 32.1 Å². The summed E-state index contributed by atoms with van der Waals surface area (Å²) in [6.45, 7) is 7.94. The maximum absolute atomic E-state index is 13.5. The van der Waals surface area contributed by atoms with Crippen molar-refractivity contribution in [1.82, 2.24) is 20.0 Å². The van der Waals surface area contributed by atoms with E-state index in [-0.39, 0.29) is 28.8 Å². The van der Waals surface area contributed by atoms with Crippen molar-refractivity contribution in [3.8, 4) is 0 Å². The highest BCUT2D eigenvalue weighted by atomic mass is 35.5. The number of rotatable bonds is 3. The van der Waals surface area contributed by atoms with Gasteiger partial charge in [-0.05, 0) is 51.8 Å². The van der Waals surface area contributed by atoms with Gasteiger partial charge >= 0.3 is 6.09 Å². The number of carbonyl (C=O) groups is 2. The van der Waals surface area contributed by atoms with Gasteiger partial charge in [-0.3, -0.25) is 9.48 Å². The highest BCUT2D eigenvalue weighted by Gasteiger charge is 2.36. The number of halogens is 2. The van der Waals surface area contributed by atoms with Crippen LogP contribution in [-0.4, -0.2) is 51.4 Å². The standard InChI is InChI=1S/C22H28ClFN4O3/c1-13-18(19(23)27(5)26-13)20(29)25-17-10-11-28(21(30)31-22(2,3)4)12-16(17)14-6-8-15(24)9-7-14/h6-9,16-17H,10-12H2,1-5H3,(H,25,29)/t16-,17-/m1/s1. The zero-order valence-corrected chi connectivity index (χ0v) is 19.2. The molecule has 0 saturated carbocycles. The molecule has 7 nitrogen and oxygen atoms in total. The van der Waals surface area contributed by atoms with Crippen molar-refractivity contribution in [2.75, 3.05) is 13.1 Å². The molecule has 31 heavy (non-hydrogen) atoms. The van der Waals surface area contributed by atoms with Crippen LogP contribution in [0.15, 0.2) is 24.3 Å². The molecule has 1 saturated heterocycles. The third kappa shape index (κ3) is 5.36. The van der Waals surface area contributed by atoms with E-state index in [0.717, 1.165) is 5.56 Å². The first-order chi connectivity index (χ1) is 14.5. The molecule has 2 aromatic rings. The molecule has 2 heterocycles. The number of aromatic nitrogens is 2. The zero-order chi connectivity index (χ0) is 22.9. The summed E-state index contributed by atoms with van der Waals surface area (Å²) in [5, 5.41) is 7.51. The Morgan fingerprint density at radius 2 is 1.90 bits per heavy atom. The third-order valence-electron chi connectivity index (χ3n) is 5.26. The van der Waals surface area contributed by atoms with Crippen LogP contribution in [0.25, 0.3) is 0 Å². The summed E-state index contributed by atoms with van der Waals surface area (Å²) >= 11 is 6.25. The summed E-state index contributed by atoms with van der Waals surface area (Å²) in [5.41, 5.74) is 1.09. The monoisotopic (exact) mass is 450 g/mol. The number of nitrogens with zero attached hydrogens (tertiary/aromatic N) is 3. The van der Waals surface area contributed by atoms with E-state index in [0.29, 0.717) is 30.8 Å². The van der Waals surface area contributed by atoms with Crippen molar-refractivity contribution >= 4 is 23.6 Å². The minimum absolute atomic E-state index is 0.235. The fourth-order valence-electron chi connectivity index (χ4n) is 3.79.